The first kappa shape index (κ1) is 13.8. The molecule has 0 fully saturated rings. The van der Waals surface area contributed by atoms with Gasteiger partial charge in [-0.15, -0.1) is 0 Å². The van der Waals surface area contributed by atoms with Gasteiger partial charge in [-0.2, -0.15) is 5.26 Å². The lowest BCUT2D eigenvalue weighted by atomic mass is 10.0. The van der Waals surface area contributed by atoms with E-state index in [9.17, 15) is 5.26 Å². The smallest absolute Gasteiger partial charge is 0.0998 e. The van der Waals surface area contributed by atoms with E-state index >= 15 is 0 Å². The minimum absolute atomic E-state index is 0.523. The Hall–Kier alpha value is -2.21. The van der Waals surface area contributed by atoms with Gasteiger partial charge < -0.3 is 4.98 Å². The maximum absolute atomic E-state index is 9.46. The third-order valence-corrected chi connectivity index (χ3v) is 3.82. The van der Waals surface area contributed by atoms with Crippen LogP contribution in [-0.4, -0.2) is 4.98 Å². The molecule has 1 N–H and O–H groups in total. The third kappa shape index (κ3) is 2.67. The van der Waals surface area contributed by atoms with Crippen LogP contribution in [0.25, 0.3) is 22.6 Å². The normalized spacial score (nSPS) is 11.6. The highest BCUT2D eigenvalue weighted by Gasteiger charge is 2.09. The van der Waals surface area contributed by atoms with Gasteiger partial charge in [0.05, 0.1) is 11.6 Å². The van der Waals surface area contributed by atoms with Gasteiger partial charge in [-0.1, -0.05) is 47.5 Å². The molecule has 0 aliphatic carbocycles. The molecule has 0 atom stereocenters. The molecule has 0 aliphatic heterocycles. The molecule has 21 heavy (non-hydrogen) atoms. The molecular weight excluding hydrogens is 303 g/mol. The number of hydrogen-bond donors (Lipinski definition) is 1. The summed E-state index contributed by atoms with van der Waals surface area (Å²) >= 11 is 12.1. The monoisotopic (exact) mass is 312 g/mol. The number of hydrogen-bond acceptors (Lipinski definition) is 1. The van der Waals surface area contributed by atoms with Crippen molar-refractivity contribution in [2.24, 2.45) is 0 Å². The van der Waals surface area contributed by atoms with E-state index in [1.165, 1.54) is 0 Å². The Bertz CT molecular complexity index is 885. The highest BCUT2D eigenvalue weighted by molar-refractivity contribution is 6.35. The zero-order valence-electron chi connectivity index (χ0n) is 10.9. The maximum Gasteiger partial charge on any atom is 0.0998 e. The van der Waals surface area contributed by atoms with Crippen LogP contribution in [-0.2, 0) is 0 Å². The van der Waals surface area contributed by atoms with Gasteiger partial charge in [0.15, 0.2) is 0 Å². The largest absolute Gasteiger partial charge is 0.361 e. The lowest BCUT2D eigenvalue weighted by Crippen LogP contribution is -1.82. The molecule has 0 radical (unpaired) electrons. The zero-order valence-corrected chi connectivity index (χ0v) is 12.4. The van der Waals surface area contributed by atoms with Crippen LogP contribution < -0.4 is 0 Å². The number of aromatic amines is 1. The highest BCUT2D eigenvalue weighted by atomic mass is 35.5. The SMILES string of the molecule is N#C/C(=C/c1ccc(Cl)cc1Cl)c1c[nH]c2ccccc12. The first-order valence-corrected chi connectivity index (χ1v) is 7.08. The predicted molar refractivity (Wildman–Crippen MR) is 88.2 cm³/mol. The van der Waals surface area contributed by atoms with E-state index < -0.39 is 0 Å². The number of benzene rings is 2. The first-order valence-electron chi connectivity index (χ1n) is 6.32. The minimum Gasteiger partial charge on any atom is -0.361 e. The molecule has 1 aromatic heterocycles. The van der Waals surface area contributed by atoms with Gasteiger partial charge in [-0.05, 0) is 29.8 Å². The van der Waals surface area contributed by atoms with Gasteiger partial charge in [0.1, 0.15) is 0 Å². The van der Waals surface area contributed by atoms with Crippen molar-refractivity contribution < 1.29 is 0 Å². The number of para-hydroxylation sites is 1. The molecule has 0 unspecified atom stereocenters. The number of nitrogens with one attached hydrogen (secondary N) is 1. The Morgan fingerprint density at radius 3 is 2.71 bits per heavy atom. The van der Waals surface area contributed by atoms with Gasteiger partial charge in [-0.25, -0.2) is 0 Å². The standard InChI is InChI=1S/C17H10Cl2N2/c18-13-6-5-11(16(19)8-13)7-12(9-20)15-10-21-17-4-2-1-3-14(15)17/h1-8,10,21H/b12-7-. The lowest BCUT2D eigenvalue weighted by molar-refractivity contribution is 1.46. The van der Waals surface area contributed by atoms with Crippen LogP contribution in [0.2, 0.25) is 10.0 Å². The number of fused-ring (bicyclic) bond motifs is 1. The summed E-state index contributed by atoms with van der Waals surface area (Å²) < 4.78 is 0. The molecule has 1 heterocycles. The second kappa shape index (κ2) is 5.65. The molecule has 0 saturated carbocycles. The molecule has 0 aliphatic rings. The Kier molecular flexibility index (Phi) is 3.70. The van der Waals surface area contributed by atoms with Crippen LogP contribution in [0.3, 0.4) is 0 Å². The third-order valence-electron chi connectivity index (χ3n) is 3.26. The fourth-order valence-corrected chi connectivity index (χ4v) is 2.70. The average Bonchev–Trinajstić information content (AvgIpc) is 2.91. The number of nitriles is 1. The van der Waals surface area contributed by atoms with Crippen LogP contribution in [0.5, 0.6) is 0 Å². The Labute approximate surface area is 132 Å². The summed E-state index contributed by atoms with van der Waals surface area (Å²) in [6, 6.07) is 15.3. The predicted octanol–water partition coefficient (Wildman–Crippen LogP) is 5.54. The molecule has 3 rings (SSSR count). The highest BCUT2D eigenvalue weighted by Crippen LogP contribution is 2.29. The molecule has 2 nitrogen and oxygen atoms in total. The summed E-state index contributed by atoms with van der Waals surface area (Å²) in [4.78, 5) is 3.17. The molecule has 0 spiro atoms. The number of H-pyrrole nitrogens is 1. The zero-order chi connectivity index (χ0) is 14.8. The van der Waals surface area contributed by atoms with Crippen LogP contribution in [0.15, 0.2) is 48.7 Å². The first-order chi connectivity index (χ1) is 10.2. The van der Waals surface area contributed by atoms with Gasteiger partial charge in [0.2, 0.25) is 0 Å². The van der Waals surface area contributed by atoms with Crippen molar-refractivity contribution in [3.63, 3.8) is 0 Å². The van der Waals surface area contributed by atoms with Crippen molar-refractivity contribution in [3.05, 3.63) is 69.8 Å². The second-order valence-corrected chi connectivity index (χ2v) is 5.43. The maximum atomic E-state index is 9.46. The van der Waals surface area contributed by atoms with Crippen LogP contribution in [0, 0.1) is 11.3 Å². The molecule has 3 aromatic rings. The van der Waals surface area contributed by atoms with E-state index in [4.69, 9.17) is 23.2 Å². The van der Waals surface area contributed by atoms with E-state index in [0.29, 0.717) is 15.6 Å². The van der Waals surface area contributed by atoms with Crippen molar-refractivity contribution in [1.29, 1.82) is 5.26 Å². The quantitative estimate of drug-likeness (QED) is 0.620. The molecule has 102 valence electrons. The average molecular weight is 313 g/mol. The van der Waals surface area contributed by atoms with Gasteiger partial charge in [-0.3, -0.25) is 0 Å². The summed E-state index contributed by atoms with van der Waals surface area (Å²) in [7, 11) is 0. The molecule has 0 bridgehead atoms. The summed E-state index contributed by atoms with van der Waals surface area (Å²) in [5.41, 5.74) is 3.18. The second-order valence-electron chi connectivity index (χ2n) is 4.58. The molecular formula is C17H10Cl2N2. The van der Waals surface area contributed by atoms with E-state index in [2.05, 4.69) is 11.1 Å². The van der Waals surface area contributed by atoms with Crippen molar-refractivity contribution in [2.45, 2.75) is 0 Å². The van der Waals surface area contributed by atoms with Gasteiger partial charge in [0.25, 0.3) is 0 Å². The summed E-state index contributed by atoms with van der Waals surface area (Å²) in [6.07, 6.45) is 3.61. The number of halogens is 2. The van der Waals surface area contributed by atoms with E-state index in [-0.39, 0.29) is 0 Å². The van der Waals surface area contributed by atoms with Crippen molar-refractivity contribution in [1.82, 2.24) is 4.98 Å². The number of allylic oxidation sites excluding steroid dienone is 1. The van der Waals surface area contributed by atoms with Crippen LogP contribution in [0.4, 0.5) is 0 Å². The van der Waals surface area contributed by atoms with Gasteiger partial charge >= 0.3 is 0 Å². The number of nitrogens with zero attached hydrogens (tertiary/aromatic N) is 1. The van der Waals surface area contributed by atoms with Crippen LogP contribution >= 0.6 is 23.2 Å². The molecule has 4 heteroatoms. The van der Waals surface area contributed by atoms with E-state index in [1.54, 1.807) is 24.3 Å². The van der Waals surface area contributed by atoms with E-state index in [0.717, 1.165) is 22.0 Å². The molecule has 0 amide bonds. The Morgan fingerprint density at radius 1 is 1.14 bits per heavy atom. The number of rotatable bonds is 2. The van der Waals surface area contributed by atoms with E-state index in [1.807, 2.05) is 30.5 Å². The summed E-state index contributed by atoms with van der Waals surface area (Å²) in [5, 5.41) is 11.6. The van der Waals surface area contributed by atoms with Gasteiger partial charge in [0, 0.05) is 32.7 Å². The van der Waals surface area contributed by atoms with Crippen molar-refractivity contribution >= 4 is 45.8 Å². The Morgan fingerprint density at radius 2 is 1.95 bits per heavy atom. The fourth-order valence-electron chi connectivity index (χ4n) is 2.24. The summed E-state index contributed by atoms with van der Waals surface area (Å²) in [5.74, 6) is 0. The Balaban J connectivity index is 2.14. The topological polar surface area (TPSA) is 39.6 Å². The fraction of sp³-hybridized carbons (Fsp3) is 0. The minimum atomic E-state index is 0.523. The number of aromatic nitrogens is 1. The van der Waals surface area contributed by atoms with Crippen LogP contribution in [0.1, 0.15) is 11.1 Å². The summed E-state index contributed by atoms with van der Waals surface area (Å²) in [6.45, 7) is 0. The van der Waals surface area contributed by atoms with Crippen molar-refractivity contribution in [2.75, 3.05) is 0 Å². The molecule has 2 aromatic carbocycles. The lowest BCUT2D eigenvalue weighted by Gasteiger charge is -2.01. The molecule has 0 saturated heterocycles. The van der Waals surface area contributed by atoms with Crippen molar-refractivity contribution in [3.8, 4) is 6.07 Å².